The molecule has 15 heavy (non-hydrogen) atoms. The molecule has 0 saturated heterocycles. The monoisotopic (exact) mass is 208 g/mol. The van der Waals surface area contributed by atoms with Gasteiger partial charge < -0.3 is 0 Å². The smallest absolute Gasteiger partial charge is 0.0991 e. The Morgan fingerprint density at radius 3 is 1.53 bits per heavy atom. The number of nitrogens with zero attached hydrogens (tertiary/aromatic N) is 2. The van der Waals surface area contributed by atoms with Gasteiger partial charge in [0.2, 0.25) is 0 Å². The number of benzene rings is 1. The van der Waals surface area contributed by atoms with Gasteiger partial charge in [0, 0.05) is 6.92 Å². The number of rotatable bonds is 0. The quantitative estimate of drug-likeness (QED) is 0.652. The number of nitriles is 2. The molecule has 0 spiro atoms. The highest BCUT2D eigenvalue weighted by atomic mass is 19.1. The molecule has 0 amide bonds. The second kappa shape index (κ2) is 22.7. The molecule has 0 saturated carbocycles. The lowest BCUT2D eigenvalue weighted by Crippen LogP contribution is -1.66. The zero-order valence-corrected chi connectivity index (χ0v) is 9.66. The minimum atomic E-state index is 0.500. The molecule has 0 N–H and O–H groups in total. The van der Waals surface area contributed by atoms with Gasteiger partial charge in [-0.15, -0.1) is 0 Å². The van der Waals surface area contributed by atoms with Crippen LogP contribution in [-0.4, -0.2) is 7.18 Å². The third-order valence-corrected chi connectivity index (χ3v) is 0.903. The first-order chi connectivity index (χ1) is 7.35. The van der Waals surface area contributed by atoms with Crippen LogP contribution in [0.3, 0.4) is 0 Å². The Kier molecular flexibility index (Phi) is 28.5. The number of alkyl halides is 1. The lowest BCUT2D eigenvalue weighted by molar-refractivity contribution is 0.636. The van der Waals surface area contributed by atoms with Gasteiger partial charge in [0.05, 0.1) is 24.9 Å². The van der Waals surface area contributed by atoms with E-state index in [2.05, 4.69) is 0 Å². The fraction of sp³-hybridized carbons (Fsp3) is 0.333. The van der Waals surface area contributed by atoms with Crippen LogP contribution >= 0.6 is 0 Å². The van der Waals surface area contributed by atoms with Crippen LogP contribution in [0.1, 0.15) is 26.3 Å². The SMILES string of the molecule is CC.CC#N.CF.N#Cc1ccccc1. The number of halogens is 1. The fourth-order valence-electron chi connectivity index (χ4n) is 0.513. The number of hydrogen-bond donors (Lipinski definition) is 0. The van der Waals surface area contributed by atoms with Gasteiger partial charge in [0.15, 0.2) is 0 Å². The molecule has 0 bridgehead atoms. The zero-order valence-electron chi connectivity index (χ0n) is 9.66. The molecular weight excluding hydrogens is 191 g/mol. The molecule has 0 atom stereocenters. The Morgan fingerprint density at radius 2 is 1.33 bits per heavy atom. The molecule has 3 heteroatoms. The average molecular weight is 208 g/mol. The summed E-state index contributed by atoms with van der Waals surface area (Å²) in [5.41, 5.74) is 0.715. The molecule has 1 rings (SSSR count). The van der Waals surface area contributed by atoms with Crippen molar-refractivity contribution >= 4 is 0 Å². The predicted octanol–water partition coefficient (Wildman–Crippen LogP) is 3.70. The van der Waals surface area contributed by atoms with Gasteiger partial charge >= 0.3 is 0 Å². The van der Waals surface area contributed by atoms with Gasteiger partial charge in [0.25, 0.3) is 0 Å². The van der Waals surface area contributed by atoms with Crippen LogP contribution in [0, 0.1) is 22.7 Å². The van der Waals surface area contributed by atoms with Crippen molar-refractivity contribution in [2.45, 2.75) is 20.8 Å². The summed E-state index contributed by atoms with van der Waals surface area (Å²) in [4.78, 5) is 0. The van der Waals surface area contributed by atoms with Gasteiger partial charge in [-0.2, -0.15) is 10.5 Å². The van der Waals surface area contributed by atoms with Crippen LogP contribution in [-0.2, 0) is 0 Å². The van der Waals surface area contributed by atoms with E-state index in [9.17, 15) is 4.39 Å². The van der Waals surface area contributed by atoms with Crippen molar-refractivity contribution in [1.82, 2.24) is 0 Å². The minimum Gasteiger partial charge on any atom is -0.255 e. The molecule has 2 nitrogen and oxygen atoms in total. The predicted molar refractivity (Wildman–Crippen MR) is 60.8 cm³/mol. The van der Waals surface area contributed by atoms with Gasteiger partial charge in [-0.1, -0.05) is 32.0 Å². The van der Waals surface area contributed by atoms with E-state index in [1.807, 2.05) is 38.1 Å². The van der Waals surface area contributed by atoms with E-state index in [0.29, 0.717) is 12.7 Å². The third-order valence-electron chi connectivity index (χ3n) is 0.903. The third kappa shape index (κ3) is 18.8. The van der Waals surface area contributed by atoms with Crippen molar-refractivity contribution in [2.75, 3.05) is 7.18 Å². The molecule has 0 radical (unpaired) electrons. The fourth-order valence-corrected chi connectivity index (χ4v) is 0.513. The Bertz CT molecular complexity index is 270. The number of hydrogen-bond acceptors (Lipinski definition) is 2. The van der Waals surface area contributed by atoms with Crippen molar-refractivity contribution in [3.63, 3.8) is 0 Å². The van der Waals surface area contributed by atoms with Gasteiger partial charge in [-0.05, 0) is 12.1 Å². The second-order valence-electron chi connectivity index (χ2n) is 1.70. The molecule has 0 fully saturated rings. The molecule has 0 aromatic heterocycles. The summed E-state index contributed by atoms with van der Waals surface area (Å²) in [7, 11) is 0.500. The van der Waals surface area contributed by atoms with Crippen LogP contribution in [0.15, 0.2) is 30.3 Å². The average Bonchev–Trinajstić information content (AvgIpc) is 2.36. The molecule has 1 aromatic rings. The summed E-state index contributed by atoms with van der Waals surface area (Å²) in [6.45, 7) is 5.43. The van der Waals surface area contributed by atoms with Crippen LogP contribution in [0.2, 0.25) is 0 Å². The van der Waals surface area contributed by atoms with Gasteiger partial charge in [-0.25, -0.2) is 0 Å². The maximum atomic E-state index is 9.50. The van der Waals surface area contributed by atoms with Crippen molar-refractivity contribution < 1.29 is 4.39 Å². The van der Waals surface area contributed by atoms with Crippen LogP contribution in [0.4, 0.5) is 4.39 Å². The van der Waals surface area contributed by atoms with E-state index in [0.717, 1.165) is 0 Å². The lowest BCUT2D eigenvalue weighted by atomic mass is 10.2. The highest BCUT2D eigenvalue weighted by Gasteiger charge is 1.79. The van der Waals surface area contributed by atoms with Crippen LogP contribution in [0.25, 0.3) is 0 Å². The summed E-state index contributed by atoms with van der Waals surface area (Å²) >= 11 is 0. The highest BCUT2D eigenvalue weighted by molar-refractivity contribution is 5.27. The second-order valence-corrected chi connectivity index (χ2v) is 1.70. The molecular formula is C12H17FN2. The largest absolute Gasteiger partial charge is 0.255 e. The Labute approximate surface area is 91.6 Å². The highest BCUT2D eigenvalue weighted by Crippen LogP contribution is 1.92. The van der Waals surface area contributed by atoms with E-state index in [1.165, 1.54) is 6.92 Å². The van der Waals surface area contributed by atoms with Crippen molar-refractivity contribution in [1.29, 1.82) is 10.5 Å². The normalized spacial score (nSPS) is 5.53. The molecule has 0 aliphatic heterocycles. The van der Waals surface area contributed by atoms with Crippen LogP contribution < -0.4 is 0 Å². The first-order valence-corrected chi connectivity index (χ1v) is 4.49. The Hall–Kier alpha value is -1.87. The van der Waals surface area contributed by atoms with E-state index in [-0.39, 0.29) is 0 Å². The minimum absolute atomic E-state index is 0.500. The zero-order chi connectivity index (χ0) is 12.5. The maximum Gasteiger partial charge on any atom is 0.0991 e. The van der Waals surface area contributed by atoms with E-state index in [4.69, 9.17) is 10.5 Å². The summed E-state index contributed by atoms with van der Waals surface area (Å²) in [6.07, 6.45) is 0. The molecule has 0 heterocycles. The van der Waals surface area contributed by atoms with E-state index < -0.39 is 0 Å². The Morgan fingerprint density at radius 1 is 1.00 bits per heavy atom. The first kappa shape index (κ1) is 18.8. The molecule has 1 aromatic carbocycles. The maximum absolute atomic E-state index is 9.50. The van der Waals surface area contributed by atoms with E-state index >= 15 is 0 Å². The molecule has 0 unspecified atom stereocenters. The molecule has 0 aliphatic carbocycles. The summed E-state index contributed by atoms with van der Waals surface area (Å²) < 4.78 is 9.50. The Balaban J connectivity index is -0.000000176. The van der Waals surface area contributed by atoms with Crippen molar-refractivity contribution in [3.05, 3.63) is 35.9 Å². The standard InChI is InChI=1S/C7H5N.C2H3N.C2H6.CH3F/c8-6-7-4-2-1-3-5-7;1-2-3;2*1-2/h1-5H;1H3;1-2H3;1H3. The van der Waals surface area contributed by atoms with Crippen molar-refractivity contribution in [2.24, 2.45) is 0 Å². The lowest BCUT2D eigenvalue weighted by Gasteiger charge is -1.80. The summed E-state index contributed by atoms with van der Waals surface area (Å²) in [5.74, 6) is 0. The van der Waals surface area contributed by atoms with Gasteiger partial charge in [-0.3, -0.25) is 4.39 Å². The van der Waals surface area contributed by atoms with Gasteiger partial charge in [0.1, 0.15) is 0 Å². The van der Waals surface area contributed by atoms with Crippen LogP contribution in [0.5, 0.6) is 0 Å². The summed E-state index contributed by atoms with van der Waals surface area (Å²) in [5, 5.41) is 15.6. The topological polar surface area (TPSA) is 47.6 Å². The van der Waals surface area contributed by atoms with E-state index in [1.54, 1.807) is 18.2 Å². The van der Waals surface area contributed by atoms with Crippen molar-refractivity contribution in [3.8, 4) is 12.1 Å². The summed E-state index contributed by atoms with van der Waals surface area (Å²) in [6, 6.07) is 12.9. The first-order valence-electron chi connectivity index (χ1n) is 4.49. The molecule has 0 aliphatic rings. The molecule has 82 valence electrons.